The van der Waals surface area contributed by atoms with Gasteiger partial charge in [-0.1, -0.05) is 52.0 Å². The molecule has 1 aliphatic heterocycles. The highest BCUT2D eigenvalue weighted by Crippen LogP contribution is 2.31. The molecule has 1 fully saturated rings. The van der Waals surface area contributed by atoms with Gasteiger partial charge in [-0.2, -0.15) is 0 Å². The number of rotatable bonds is 6. The highest BCUT2D eigenvalue weighted by Gasteiger charge is 2.22. The molecule has 0 saturated carbocycles. The molecular formula is C18H13Br2NO3S2. The average Bonchev–Trinajstić information content (AvgIpc) is 2.92. The van der Waals surface area contributed by atoms with Crippen LogP contribution in [0.15, 0.2) is 56.3 Å². The Kier molecular flexibility index (Phi) is 6.74. The van der Waals surface area contributed by atoms with Crippen LogP contribution < -0.4 is 14.8 Å². The van der Waals surface area contributed by atoms with Crippen molar-refractivity contribution >= 4 is 72.1 Å². The minimum atomic E-state index is -0.191. The lowest BCUT2D eigenvalue weighted by atomic mass is 10.2. The van der Waals surface area contributed by atoms with Gasteiger partial charge in [0.1, 0.15) is 29.0 Å². The van der Waals surface area contributed by atoms with Crippen LogP contribution in [0, 0.1) is 0 Å². The zero-order valence-corrected chi connectivity index (χ0v) is 18.1. The van der Waals surface area contributed by atoms with E-state index < -0.39 is 0 Å². The fraction of sp³-hybridized carbons (Fsp3) is 0.111. The van der Waals surface area contributed by atoms with E-state index in [1.165, 1.54) is 11.8 Å². The van der Waals surface area contributed by atoms with Crippen LogP contribution in [0.1, 0.15) is 5.56 Å². The first kappa shape index (κ1) is 19.4. The molecule has 0 aliphatic carbocycles. The predicted molar refractivity (Wildman–Crippen MR) is 116 cm³/mol. The summed E-state index contributed by atoms with van der Waals surface area (Å²) < 4.78 is 13.8. The molecule has 0 aromatic heterocycles. The molecule has 4 nitrogen and oxygen atoms in total. The number of para-hydroxylation sites is 1. The van der Waals surface area contributed by atoms with E-state index >= 15 is 0 Å². The highest BCUT2D eigenvalue weighted by molar-refractivity contribution is 9.10. The van der Waals surface area contributed by atoms with Gasteiger partial charge >= 0.3 is 0 Å². The van der Waals surface area contributed by atoms with Crippen LogP contribution in [0.3, 0.4) is 0 Å². The van der Waals surface area contributed by atoms with Crippen molar-refractivity contribution in [2.24, 2.45) is 0 Å². The topological polar surface area (TPSA) is 47.6 Å². The summed E-state index contributed by atoms with van der Waals surface area (Å²) in [6.07, 6.45) is 1.77. The first-order valence-electron chi connectivity index (χ1n) is 7.57. The Morgan fingerprint density at radius 2 is 1.81 bits per heavy atom. The number of carbonyl (C=O) groups is 1. The van der Waals surface area contributed by atoms with Crippen LogP contribution in [0.4, 0.5) is 0 Å². The maximum Gasteiger partial charge on any atom is 0.263 e. The minimum absolute atomic E-state index is 0.191. The number of amides is 1. The van der Waals surface area contributed by atoms with Gasteiger partial charge in [0.05, 0.1) is 9.38 Å². The molecule has 2 aromatic carbocycles. The number of ether oxygens (including phenoxy) is 2. The quantitative estimate of drug-likeness (QED) is 0.328. The third-order valence-electron chi connectivity index (χ3n) is 3.34. The molecule has 1 heterocycles. The molecule has 0 unspecified atom stereocenters. The van der Waals surface area contributed by atoms with Crippen LogP contribution in [-0.2, 0) is 4.79 Å². The Labute approximate surface area is 177 Å². The van der Waals surface area contributed by atoms with E-state index in [0.29, 0.717) is 28.2 Å². The Morgan fingerprint density at radius 1 is 1.08 bits per heavy atom. The lowest BCUT2D eigenvalue weighted by molar-refractivity contribution is -0.115. The predicted octanol–water partition coefficient (Wildman–Crippen LogP) is 5.16. The molecule has 26 heavy (non-hydrogen) atoms. The number of thioether (sulfide) groups is 1. The van der Waals surface area contributed by atoms with E-state index in [2.05, 4.69) is 37.2 Å². The van der Waals surface area contributed by atoms with Gasteiger partial charge in [-0.05, 0) is 52.3 Å². The number of hydrogen-bond acceptors (Lipinski definition) is 5. The second-order valence-corrected chi connectivity index (χ2v) is 8.65. The van der Waals surface area contributed by atoms with Crippen LogP contribution >= 0.6 is 55.8 Å². The molecule has 1 saturated heterocycles. The summed E-state index contributed by atoms with van der Waals surface area (Å²) in [5.41, 5.74) is 0.794. The zero-order valence-electron chi connectivity index (χ0n) is 13.3. The Bertz CT molecular complexity index is 886. The SMILES string of the molecule is O=C1NC(=S)SC1=Cc1cc(Br)ccc1OCCOc1ccccc1Br. The summed E-state index contributed by atoms with van der Waals surface area (Å²) in [5, 5.41) is 2.61. The molecule has 8 heteroatoms. The lowest BCUT2D eigenvalue weighted by Gasteiger charge is -2.12. The van der Waals surface area contributed by atoms with Crippen molar-refractivity contribution in [3.8, 4) is 11.5 Å². The summed E-state index contributed by atoms with van der Waals surface area (Å²) in [7, 11) is 0. The monoisotopic (exact) mass is 513 g/mol. The number of thiocarbonyl (C=S) groups is 1. The molecule has 1 N–H and O–H groups in total. The second kappa shape index (κ2) is 9.03. The van der Waals surface area contributed by atoms with Gasteiger partial charge < -0.3 is 14.8 Å². The summed E-state index contributed by atoms with van der Waals surface area (Å²) >= 11 is 13.1. The van der Waals surface area contributed by atoms with E-state index in [1.807, 2.05) is 42.5 Å². The fourth-order valence-electron chi connectivity index (χ4n) is 2.19. The van der Waals surface area contributed by atoms with E-state index in [9.17, 15) is 4.79 Å². The molecule has 0 radical (unpaired) electrons. The largest absolute Gasteiger partial charge is 0.489 e. The van der Waals surface area contributed by atoms with Crippen LogP contribution in [0.2, 0.25) is 0 Å². The van der Waals surface area contributed by atoms with Gasteiger partial charge in [0.15, 0.2) is 0 Å². The molecule has 0 atom stereocenters. The molecular weight excluding hydrogens is 502 g/mol. The standard InChI is InChI=1S/C18H13Br2NO3S2/c19-12-5-6-14(11(9-12)10-16-17(22)21-18(25)26-16)23-7-8-24-15-4-2-1-3-13(15)20/h1-6,9-10H,7-8H2,(H,21,22,25). The number of nitrogens with one attached hydrogen (secondary N) is 1. The van der Waals surface area contributed by atoms with Gasteiger partial charge in [-0.25, -0.2) is 0 Å². The van der Waals surface area contributed by atoms with Gasteiger partial charge in [-0.3, -0.25) is 4.79 Å². The normalized spacial score (nSPS) is 15.2. The van der Waals surface area contributed by atoms with E-state index in [1.54, 1.807) is 6.08 Å². The Balaban J connectivity index is 1.66. The fourth-order valence-corrected chi connectivity index (χ4v) is 4.00. The van der Waals surface area contributed by atoms with E-state index in [4.69, 9.17) is 21.7 Å². The number of benzene rings is 2. The summed E-state index contributed by atoms with van der Waals surface area (Å²) in [4.78, 5) is 12.4. The molecule has 0 bridgehead atoms. The third kappa shape index (κ3) is 5.09. The first-order chi connectivity index (χ1) is 12.5. The van der Waals surface area contributed by atoms with Gasteiger partial charge in [0, 0.05) is 10.0 Å². The van der Waals surface area contributed by atoms with Crippen molar-refractivity contribution in [3.63, 3.8) is 0 Å². The Morgan fingerprint density at radius 3 is 2.50 bits per heavy atom. The lowest BCUT2D eigenvalue weighted by Crippen LogP contribution is -2.17. The number of halogens is 2. The van der Waals surface area contributed by atoms with Gasteiger partial charge in [-0.15, -0.1) is 0 Å². The first-order valence-corrected chi connectivity index (χ1v) is 10.4. The van der Waals surface area contributed by atoms with Crippen molar-refractivity contribution in [1.29, 1.82) is 0 Å². The smallest absolute Gasteiger partial charge is 0.263 e. The third-order valence-corrected chi connectivity index (χ3v) is 5.65. The van der Waals surface area contributed by atoms with E-state index in [-0.39, 0.29) is 5.91 Å². The molecule has 134 valence electrons. The van der Waals surface area contributed by atoms with Crippen LogP contribution in [0.5, 0.6) is 11.5 Å². The molecule has 1 aliphatic rings. The van der Waals surface area contributed by atoms with Crippen molar-refractivity contribution < 1.29 is 14.3 Å². The van der Waals surface area contributed by atoms with Gasteiger partial charge in [0.2, 0.25) is 0 Å². The Hall–Kier alpha value is -1.35. The van der Waals surface area contributed by atoms with Crippen molar-refractivity contribution in [3.05, 3.63) is 61.9 Å². The van der Waals surface area contributed by atoms with Gasteiger partial charge in [0.25, 0.3) is 5.91 Å². The summed E-state index contributed by atoms with van der Waals surface area (Å²) in [6.45, 7) is 0.769. The molecule has 0 spiro atoms. The van der Waals surface area contributed by atoms with Crippen molar-refractivity contribution in [2.75, 3.05) is 13.2 Å². The highest BCUT2D eigenvalue weighted by atomic mass is 79.9. The van der Waals surface area contributed by atoms with Crippen molar-refractivity contribution in [2.45, 2.75) is 0 Å². The number of hydrogen-bond donors (Lipinski definition) is 1. The van der Waals surface area contributed by atoms with Crippen molar-refractivity contribution in [1.82, 2.24) is 5.32 Å². The average molecular weight is 515 g/mol. The molecule has 3 rings (SSSR count). The summed E-state index contributed by atoms with van der Waals surface area (Å²) in [5.74, 6) is 1.24. The molecule has 2 aromatic rings. The molecule has 1 amide bonds. The maximum atomic E-state index is 11.9. The van der Waals surface area contributed by atoms with Crippen LogP contribution in [-0.4, -0.2) is 23.4 Å². The van der Waals surface area contributed by atoms with E-state index in [0.717, 1.165) is 20.3 Å². The van der Waals surface area contributed by atoms with Crippen LogP contribution in [0.25, 0.3) is 6.08 Å². The summed E-state index contributed by atoms with van der Waals surface area (Å²) in [6, 6.07) is 13.3. The zero-order chi connectivity index (χ0) is 18.5. The second-order valence-electron chi connectivity index (χ2n) is 5.16. The minimum Gasteiger partial charge on any atom is -0.489 e. The number of carbonyl (C=O) groups excluding carboxylic acids is 1. The maximum absolute atomic E-state index is 11.9.